The zero-order chi connectivity index (χ0) is 16.5. The summed E-state index contributed by atoms with van der Waals surface area (Å²) < 4.78 is 1.23. The van der Waals surface area contributed by atoms with E-state index in [4.69, 9.17) is 0 Å². The predicted octanol–water partition coefficient (Wildman–Crippen LogP) is 7.29. The van der Waals surface area contributed by atoms with Crippen LogP contribution in [0.1, 0.15) is 104 Å². The van der Waals surface area contributed by atoms with E-state index >= 15 is 0 Å². The summed E-state index contributed by atoms with van der Waals surface area (Å²) in [7, 11) is 2.43. The molecule has 0 rings (SSSR count). The van der Waals surface area contributed by atoms with Crippen molar-refractivity contribution in [2.45, 2.75) is 104 Å². The highest BCUT2D eigenvalue weighted by atomic mass is 79.9. The quantitative estimate of drug-likeness (QED) is 0.108. The molecule has 0 bridgehead atoms. The van der Waals surface area contributed by atoms with Crippen LogP contribution in [-0.2, 0) is 0 Å². The summed E-state index contributed by atoms with van der Waals surface area (Å²) in [6, 6.07) is 0. The third-order valence-electron chi connectivity index (χ3n) is 4.89. The van der Waals surface area contributed by atoms with Gasteiger partial charge in [0.25, 0.3) is 0 Å². The number of unbranched alkanes of at least 4 members (excludes halogenated alkanes) is 12. The van der Waals surface area contributed by atoms with E-state index < -0.39 is 0 Å². The number of alkyl halides is 1. The van der Waals surface area contributed by atoms with Crippen molar-refractivity contribution in [1.29, 1.82) is 0 Å². The lowest BCUT2D eigenvalue weighted by molar-refractivity contribution is -0.896. The normalized spacial score (nSPS) is 12.0. The molecule has 0 N–H and O–H groups in total. The molecule has 0 aliphatic heterocycles. The van der Waals surface area contributed by atoms with Crippen molar-refractivity contribution in [3.8, 4) is 0 Å². The van der Waals surface area contributed by atoms with Crippen LogP contribution in [0.5, 0.6) is 0 Å². The Morgan fingerprint density at radius 2 is 0.864 bits per heavy atom. The first-order valence-electron chi connectivity index (χ1n) is 10.1. The zero-order valence-electron chi connectivity index (χ0n) is 15.8. The molecule has 134 valence electrons. The average Bonchev–Trinajstić information content (AvgIpc) is 2.53. The second-order valence-electron chi connectivity index (χ2n) is 7.43. The molecule has 0 aliphatic rings. The highest BCUT2D eigenvalue weighted by molar-refractivity contribution is 9.09. The van der Waals surface area contributed by atoms with Gasteiger partial charge in [-0.15, -0.1) is 0 Å². The Morgan fingerprint density at radius 3 is 1.18 bits per heavy atom. The third kappa shape index (κ3) is 14.1. The first-order valence-corrected chi connectivity index (χ1v) is 11.2. The first kappa shape index (κ1) is 22.4. The molecular formula is C20H43BrN+. The summed E-state index contributed by atoms with van der Waals surface area (Å²) in [5, 5.41) is 0. The van der Waals surface area contributed by atoms with Crippen LogP contribution >= 0.6 is 15.9 Å². The Morgan fingerprint density at radius 1 is 0.545 bits per heavy atom. The average molecular weight is 377 g/mol. The van der Waals surface area contributed by atoms with Gasteiger partial charge < -0.3 is 4.48 Å². The molecule has 0 aromatic carbocycles. The van der Waals surface area contributed by atoms with Crippen molar-refractivity contribution in [3.63, 3.8) is 0 Å². The van der Waals surface area contributed by atoms with Crippen LogP contribution in [0, 0.1) is 0 Å². The van der Waals surface area contributed by atoms with E-state index in [1.807, 2.05) is 0 Å². The SMILES string of the molecule is CCCCCCCCC[N+](C)(CBr)CCCCCCCCC. The molecule has 1 nitrogen and oxygen atoms in total. The van der Waals surface area contributed by atoms with Crippen molar-refractivity contribution in [1.82, 2.24) is 0 Å². The molecule has 0 amide bonds. The molecule has 0 fully saturated rings. The van der Waals surface area contributed by atoms with Crippen LogP contribution in [0.2, 0.25) is 0 Å². The lowest BCUT2D eigenvalue weighted by Crippen LogP contribution is -2.44. The second-order valence-corrected chi connectivity index (χ2v) is 7.93. The topological polar surface area (TPSA) is 0 Å². The molecule has 0 saturated heterocycles. The summed E-state index contributed by atoms with van der Waals surface area (Å²) in [5.74, 6) is 0. The van der Waals surface area contributed by atoms with Crippen molar-refractivity contribution in [2.75, 3.05) is 25.6 Å². The van der Waals surface area contributed by atoms with E-state index in [0.717, 1.165) is 5.45 Å². The van der Waals surface area contributed by atoms with Crippen molar-refractivity contribution < 1.29 is 4.48 Å². The van der Waals surface area contributed by atoms with Gasteiger partial charge in [0.15, 0.2) is 0 Å². The molecule has 22 heavy (non-hydrogen) atoms. The van der Waals surface area contributed by atoms with Crippen LogP contribution < -0.4 is 0 Å². The minimum atomic E-state index is 1.12. The van der Waals surface area contributed by atoms with Gasteiger partial charge in [-0.25, -0.2) is 0 Å². The Labute approximate surface area is 150 Å². The van der Waals surface area contributed by atoms with E-state index in [-0.39, 0.29) is 0 Å². The highest BCUT2D eigenvalue weighted by Crippen LogP contribution is 2.15. The number of hydrogen-bond donors (Lipinski definition) is 0. The molecule has 0 unspecified atom stereocenters. The monoisotopic (exact) mass is 376 g/mol. The van der Waals surface area contributed by atoms with E-state index in [1.165, 1.54) is 107 Å². The van der Waals surface area contributed by atoms with Crippen LogP contribution in [0.15, 0.2) is 0 Å². The summed E-state index contributed by atoms with van der Waals surface area (Å²) >= 11 is 3.75. The van der Waals surface area contributed by atoms with E-state index in [0.29, 0.717) is 0 Å². The van der Waals surface area contributed by atoms with Crippen molar-refractivity contribution in [3.05, 3.63) is 0 Å². The Hall–Kier alpha value is 0.440. The van der Waals surface area contributed by atoms with Gasteiger partial charge >= 0.3 is 0 Å². The van der Waals surface area contributed by atoms with Crippen molar-refractivity contribution >= 4 is 15.9 Å². The lowest BCUT2D eigenvalue weighted by Gasteiger charge is -2.32. The van der Waals surface area contributed by atoms with Gasteiger partial charge in [0.1, 0.15) is 5.45 Å². The number of halogens is 1. The first-order chi connectivity index (χ1) is 10.7. The maximum Gasteiger partial charge on any atom is 0.134 e. The second kappa shape index (κ2) is 16.3. The van der Waals surface area contributed by atoms with Gasteiger partial charge in [0, 0.05) is 0 Å². The van der Waals surface area contributed by atoms with Crippen LogP contribution in [0.3, 0.4) is 0 Å². The Balaban J connectivity index is 3.54. The van der Waals surface area contributed by atoms with Crippen LogP contribution in [-0.4, -0.2) is 30.1 Å². The van der Waals surface area contributed by atoms with Gasteiger partial charge in [-0.2, -0.15) is 0 Å². The molecule has 0 atom stereocenters. The molecule has 0 radical (unpaired) electrons. The van der Waals surface area contributed by atoms with E-state index in [9.17, 15) is 0 Å². The number of rotatable bonds is 17. The predicted molar refractivity (Wildman–Crippen MR) is 106 cm³/mol. The maximum absolute atomic E-state index is 3.75. The molecule has 0 aromatic rings. The van der Waals surface area contributed by atoms with Crippen LogP contribution in [0.25, 0.3) is 0 Å². The molecule has 0 heterocycles. The largest absolute Gasteiger partial charge is 0.317 e. The number of hydrogen-bond acceptors (Lipinski definition) is 0. The number of nitrogens with zero attached hydrogens (tertiary/aromatic N) is 1. The molecule has 0 aromatic heterocycles. The Kier molecular flexibility index (Phi) is 16.6. The van der Waals surface area contributed by atoms with Gasteiger partial charge in [-0.3, -0.25) is 0 Å². The zero-order valence-corrected chi connectivity index (χ0v) is 17.4. The molecule has 0 aliphatic carbocycles. The fourth-order valence-corrected chi connectivity index (χ4v) is 3.63. The standard InChI is InChI=1S/C20H43BrN/c1-4-6-8-10-12-14-16-18-22(3,20-21)19-17-15-13-11-9-7-5-2/h4-20H2,1-3H3/q+1. The maximum atomic E-state index is 3.75. The minimum absolute atomic E-state index is 1.12. The fraction of sp³-hybridized carbons (Fsp3) is 1.00. The van der Waals surface area contributed by atoms with Gasteiger partial charge in [-0.05, 0) is 41.6 Å². The smallest absolute Gasteiger partial charge is 0.134 e. The van der Waals surface area contributed by atoms with E-state index in [2.05, 4.69) is 36.8 Å². The van der Waals surface area contributed by atoms with Gasteiger partial charge in [0.2, 0.25) is 0 Å². The summed E-state index contributed by atoms with van der Waals surface area (Å²) in [6.07, 6.45) is 19.9. The lowest BCUT2D eigenvalue weighted by atomic mass is 10.1. The summed E-state index contributed by atoms with van der Waals surface area (Å²) in [6.45, 7) is 7.30. The minimum Gasteiger partial charge on any atom is -0.317 e. The summed E-state index contributed by atoms with van der Waals surface area (Å²) in [5.41, 5.74) is 1.12. The Bertz CT molecular complexity index is 200. The molecule has 2 heteroatoms. The van der Waals surface area contributed by atoms with Crippen LogP contribution in [0.4, 0.5) is 0 Å². The van der Waals surface area contributed by atoms with E-state index in [1.54, 1.807) is 0 Å². The highest BCUT2D eigenvalue weighted by Gasteiger charge is 2.18. The molecular weight excluding hydrogens is 334 g/mol. The van der Waals surface area contributed by atoms with Crippen molar-refractivity contribution in [2.24, 2.45) is 0 Å². The van der Waals surface area contributed by atoms with Gasteiger partial charge in [-0.1, -0.05) is 78.1 Å². The fourth-order valence-electron chi connectivity index (χ4n) is 3.13. The molecule has 0 saturated carbocycles. The van der Waals surface area contributed by atoms with Gasteiger partial charge in [0.05, 0.1) is 20.1 Å². The number of quaternary nitrogens is 1. The molecule has 0 spiro atoms. The summed E-state index contributed by atoms with van der Waals surface area (Å²) in [4.78, 5) is 0. The third-order valence-corrected chi connectivity index (χ3v) is 6.10.